The fraction of sp³-hybridized carbons (Fsp3) is 0.900. The first-order valence-corrected chi connectivity index (χ1v) is 12.3. The van der Waals surface area contributed by atoms with Crippen LogP contribution in [0.3, 0.4) is 0 Å². The molecule has 0 bridgehead atoms. The summed E-state index contributed by atoms with van der Waals surface area (Å²) in [6.45, 7) is 12.4. The van der Waals surface area contributed by atoms with E-state index < -0.39 is 5.60 Å². The molecule has 2 rings (SSSR count). The van der Waals surface area contributed by atoms with Crippen molar-refractivity contribution < 1.29 is 9.63 Å². The minimum Gasteiger partial charge on any atom is -0.390 e. The van der Waals surface area contributed by atoms with E-state index in [-0.39, 0.29) is 5.41 Å². The Balaban J connectivity index is 2.13. The molecule has 0 amide bonds. The molecule has 0 heterocycles. The minimum absolute atomic E-state index is 0.279. The highest BCUT2D eigenvalue weighted by molar-refractivity contribution is 8.00. The monoisotopic (exact) mass is 372 g/mol. The van der Waals surface area contributed by atoms with Crippen LogP contribution in [0.5, 0.6) is 0 Å². The van der Waals surface area contributed by atoms with Crippen molar-refractivity contribution in [1.29, 1.82) is 0 Å². The predicted molar refractivity (Wildman–Crippen MR) is 110 cm³/mol. The zero-order valence-electron chi connectivity index (χ0n) is 16.3. The van der Waals surface area contributed by atoms with Gasteiger partial charge in [0.05, 0.1) is 12.2 Å². The van der Waals surface area contributed by atoms with Gasteiger partial charge in [-0.15, -0.1) is 0 Å². The highest BCUT2D eigenvalue weighted by Gasteiger charge is 2.57. The van der Waals surface area contributed by atoms with Crippen molar-refractivity contribution in [1.82, 2.24) is 0 Å². The van der Waals surface area contributed by atoms with Gasteiger partial charge in [-0.25, -0.2) is 0 Å². The lowest BCUT2D eigenvalue weighted by Gasteiger charge is -2.61. The van der Waals surface area contributed by atoms with E-state index in [1.54, 1.807) is 0 Å². The van der Waals surface area contributed by atoms with E-state index >= 15 is 0 Å². The maximum absolute atomic E-state index is 11.2. The Kier molecular flexibility index (Phi) is 6.98. The van der Waals surface area contributed by atoms with Gasteiger partial charge in [-0.05, 0) is 75.0 Å². The van der Waals surface area contributed by atoms with Gasteiger partial charge in [-0.2, -0.15) is 0 Å². The zero-order valence-corrected chi connectivity index (χ0v) is 18.5. The Morgan fingerprint density at radius 3 is 2.62 bits per heavy atom. The van der Waals surface area contributed by atoms with E-state index in [0.717, 1.165) is 25.2 Å². The van der Waals surface area contributed by atoms with Crippen molar-refractivity contribution in [3.05, 3.63) is 11.6 Å². The molecular weight excluding hydrogens is 334 g/mol. The first-order chi connectivity index (χ1) is 11.1. The van der Waals surface area contributed by atoms with Gasteiger partial charge in [0.25, 0.3) is 0 Å². The molecule has 4 heteroatoms. The lowest BCUT2D eigenvalue weighted by Crippen LogP contribution is -2.57. The first kappa shape index (κ1) is 20.8. The van der Waals surface area contributed by atoms with Crippen molar-refractivity contribution in [2.24, 2.45) is 22.7 Å². The van der Waals surface area contributed by atoms with Gasteiger partial charge in [0.2, 0.25) is 0 Å². The normalized spacial score (nSPS) is 40.0. The van der Waals surface area contributed by atoms with Crippen LogP contribution >= 0.6 is 17.4 Å². The maximum atomic E-state index is 11.2. The third-order valence-corrected chi connectivity index (χ3v) is 8.02. The molecule has 0 spiro atoms. The fourth-order valence-corrected chi connectivity index (χ4v) is 6.44. The van der Waals surface area contributed by atoms with Crippen molar-refractivity contribution in [2.75, 3.05) is 6.61 Å². The molecular formula is C20H38O2P2. The lowest BCUT2D eigenvalue weighted by atomic mass is 9.45. The maximum Gasteiger partial charge on any atom is 0.0693 e. The Morgan fingerprint density at radius 1 is 1.25 bits per heavy atom. The summed E-state index contributed by atoms with van der Waals surface area (Å²) in [5.41, 5.74) is 1.58. The van der Waals surface area contributed by atoms with Crippen molar-refractivity contribution in [2.45, 2.75) is 85.2 Å². The van der Waals surface area contributed by atoms with Crippen LogP contribution in [0, 0.1) is 22.7 Å². The average molecular weight is 372 g/mol. The van der Waals surface area contributed by atoms with E-state index in [1.807, 2.05) is 0 Å². The van der Waals surface area contributed by atoms with E-state index in [9.17, 15) is 5.11 Å². The van der Waals surface area contributed by atoms with Crippen LogP contribution in [0.4, 0.5) is 0 Å². The summed E-state index contributed by atoms with van der Waals surface area (Å²) in [6, 6.07) is 0. The smallest absolute Gasteiger partial charge is 0.0693 e. The van der Waals surface area contributed by atoms with Gasteiger partial charge >= 0.3 is 0 Å². The lowest BCUT2D eigenvalue weighted by molar-refractivity contribution is -0.168. The molecule has 2 aliphatic rings. The summed E-state index contributed by atoms with van der Waals surface area (Å²) < 4.78 is 5.43. The van der Waals surface area contributed by atoms with Crippen LogP contribution in [0.2, 0.25) is 0 Å². The molecule has 0 aliphatic heterocycles. The van der Waals surface area contributed by atoms with Gasteiger partial charge in [0.15, 0.2) is 0 Å². The summed E-state index contributed by atoms with van der Waals surface area (Å²) in [4.78, 5) is 0. The minimum atomic E-state index is -0.517. The second-order valence-electron chi connectivity index (χ2n) is 9.37. The Morgan fingerprint density at radius 2 is 1.96 bits per heavy atom. The van der Waals surface area contributed by atoms with E-state index in [1.165, 1.54) is 31.3 Å². The summed E-state index contributed by atoms with van der Waals surface area (Å²) in [5.74, 6) is 1.14. The molecule has 0 aromatic rings. The molecule has 140 valence electrons. The van der Waals surface area contributed by atoms with E-state index in [2.05, 4.69) is 49.6 Å². The van der Waals surface area contributed by atoms with Crippen LogP contribution in [0.15, 0.2) is 11.6 Å². The highest BCUT2D eigenvalue weighted by Crippen LogP contribution is 2.62. The summed E-state index contributed by atoms with van der Waals surface area (Å²) >= 11 is 0. The zero-order chi connectivity index (χ0) is 18.0. The van der Waals surface area contributed by atoms with Crippen LogP contribution in [-0.2, 0) is 4.52 Å². The second kappa shape index (κ2) is 8.04. The molecule has 0 aromatic heterocycles. The summed E-state index contributed by atoms with van der Waals surface area (Å²) in [6.07, 6.45) is 10.5. The van der Waals surface area contributed by atoms with Crippen LogP contribution < -0.4 is 0 Å². The van der Waals surface area contributed by atoms with Crippen LogP contribution in [-0.4, -0.2) is 17.3 Å². The van der Waals surface area contributed by atoms with Gasteiger partial charge in [0.1, 0.15) is 0 Å². The molecule has 2 saturated carbocycles. The quantitative estimate of drug-likeness (QED) is 0.346. The van der Waals surface area contributed by atoms with Gasteiger partial charge in [0, 0.05) is 8.50 Å². The predicted octanol–water partition coefficient (Wildman–Crippen LogP) is 6.11. The van der Waals surface area contributed by atoms with Gasteiger partial charge in [-0.3, -0.25) is 0 Å². The third kappa shape index (κ3) is 4.43. The van der Waals surface area contributed by atoms with Crippen LogP contribution in [0.25, 0.3) is 0 Å². The van der Waals surface area contributed by atoms with Gasteiger partial charge < -0.3 is 9.63 Å². The van der Waals surface area contributed by atoms with Crippen LogP contribution in [0.1, 0.15) is 79.6 Å². The molecule has 2 nitrogen and oxygen atoms in total. The Hall–Kier alpha value is 0.520. The van der Waals surface area contributed by atoms with Crippen molar-refractivity contribution in [3.63, 3.8) is 0 Å². The molecule has 1 N–H and O–H groups in total. The molecule has 2 aliphatic carbocycles. The second-order valence-corrected chi connectivity index (χ2v) is 10.6. The largest absolute Gasteiger partial charge is 0.390 e. The van der Waals surface area contributed by atoms with Crippen molar-refractivity contribution >= 4 is 17.4 Å². The molecule has 2 fully saturated rings. The molecule has 24 heavy (non-hydrogen) atoms. The Labute approximate surface area is 153 Å². The number of allylic oxidation sites excluding steroid dienone is 1. The van der Waals surface area contributed by atoms with E-state index in [4.69, 9.17) is 4.52 Å². The number of hydrogen-bond donors (Lipinski definition) is 1. The molecule has 0 saturated heterocycles. The third-order valence-electron chi connectivity index (χ3n) is 7.19. The first-order valence-electron chi connectivity index (χ1n) is 9.59. The van der Waals surface area contributed by atoms with Crippen molar-refractivity contribution in [3.8, 4) is 0 Å². The number of rotatable bonds is 6. The molecule has 0 radical (unpaired) electrons. The highest BCUT2D eigenvalue weighted by atomic mass is 32.0. The number of fused-ring (bicyclic) bond motifs is 1. The fourth-order valence-electron chi connectivity index (χ4n) is 5.97. The summed E-state index contributed by atoms with van der Waals surface area (Å²) in [5, 5.41) is 11.2. The average Bonchev–Trinajstić information content (AvgIpc) is 2.45. The topological polar surface area (TPSA) is 29.5 Å². The molecule has 3 unspecified atom stereocenters. The van der Waals surface area contributed by atoms with E-state index in [0.29, 0.717) is 26.4 Å². The molecule has 6 atom stereocenters. The SMILES string of the molecule is C/C(=C\COPP)CC[C@@H]1[C@@](C)(O)CCC2C(C)(C)CCC[C@]21C. The standard InChI is InChI=1S/C20H38O2P2/c1-15(10-14-22-24-23)7-8-17-19(4)12-6-11-18(2,3)16(19)9-13-20(17,5)21/h10,16-17,21,24H,6-9,11-14,23H2,1-5H3/b15-10+/t16?,17-,19+,20-/m0/s1. The number of hydrogen-bond acceptors (Lipinski definition) is 2. The molecule has 0 aromatic carbocycles. The Bertz CT molecular complexity index is 459. The number of aliphatic hydroxyl groups is 1. The van der Waals surface area contributed by atoms with Gasteiger partial charge in [-0.1, -0.05) is 47.8 Å². The summed E-state index contributed by atoms with van der Waals surface area (Å²) in [7, 11) is 3.10.